The number of rotatable bonds is 4. The number of amides is 1. The van der Waals surface area contributed by atoms with E-state index < -0.39 is 17.2 Å². The lowest BCUT2D eigenvalue weighted by Crippen LogP contribution is -2.38. The standard InChI is InChI=1S/C19H20N4O4/c1-5-11-10-20-16-14(18(25)23(3)19(26)22(16)2)15(11)21-17(24)12-8-6-7-9-13(12)27-4/h6-10H,5H2,1-4H3,(H,20,21,24). The maximum Gasteiger partial charge on any atom is 0.332 e. The molecule has 0 spiro atoms. The molecule has 1 aromatic carbocycles. The lowest BCUT2D eigenvalue weighted by atomic mass is 10.1. The third-order valence-corrected chi connectivity index (χ3v) is 4.52. The highest BCUT2D eigenvalue weighted by Crippen LogP contribution is 2.25. The Labute approximate surface area is 155 Å². The Hall–Kier alpha value is -3.42. The van der Waals surface area contributed by atoms with Gasteiger partial charge in [0.05, 0.1) is 18.4 Å². The van der Waals surface area contributed by atoms with Crippen LogP contribution in [0.5, 0.6) is 5.75 Å². The lowest BCUT2D eigenvalue weighted by Gasteiger charge is -2.15. The highest BCUT2D eigenvalue weighted by atomic mass is 16.5. The van der Waals surface area contributed by atoms with Gasteiger partial charge in [-0.3, -0.25) is 18.7 Å². The number of para-hydroxylation sites is 1. The molecule has 140 valence electrons. The van der Waals surface area contributed by atoms with Crippen molar-refractivity contribution in [2.75, 3.05) is 12.4 Å². The number of anilines is 1. The average Bonchev–Trinajstić information content (AvgIpc) is 2.70. The van der Waals surface area contributed by atoms with E-state index in [1.54, 1.807) is 30.5 Å². The summed E-state index contributed by atoms with van der Waals surface area (Å²) in [5, 5.41) is 3.02. The van der Waals surface area contributed by atoms with Gasteiger partial charge >= 0.3 is 5.69 Å². The van der Waals surface area contributed by atoms with E-state index in [0.29, 0.717) is 29.0 Å². The van der Waals surface area contributed by atoms with Crippen LogP contribution >= 0.6 is 0 Å². The van der Waals surface area contributed by atoms with Crippen molar-refractivity contribution in [2.24, 2.45) is 14.1 Å². The van der Waals surface area contributed by atoms with Crippen LogP contribution in [0.25, 0.3) is 11.0 Å². The van der Waals surface area contributed by atoms with E-state index in [4.69, 9.17) is 4.74 Å². The van der Waals surface area contributed by atoms with Crippen molar-refractivity contribution in [1.82, 2.24) is 14.1 Å². The first-order valence-corrected chi connectivity index (χ1v) is 8.42. The number of nitrogens with one attached hydrogen (secondary N) is 1. The van der Waals surface area contributed by atoms with Gasteiger partial charge in [-0.1, -0.05) is 19.1 Å². The molecule has 3 rings (SSSR count). The number of aryl methyl sites for hydroxylation is 2. The Morgan fingerprint density at radius 3 is 2.56 bits per heavy atom. The summed E-state index contributed by atoms with van der Waals surface area (Å²) in [4.78, 5) is 42.1. The van der Waals surface area contributed by atoms with Crippen molar-refractivity contribution in [3.63, 3.8) is 0 Å². The Kier molecular flexibility index (Phi) is 4.81. The molecule has 27 heavy (non-hydrogen) atoms. The van der Waals surface area contributed by atoms with Gasteiger partial charge in [0.15, 0.2) is 5.65 Å². The van der Waals surface area contributed by atoms with Crippen molar-refractivity contribution >= 4 is 22.6 Å². The van der Waals surface area contributed by atoms with Gasteiger partial charge in [-0.2, -0.15) is 0 Å². The summed E-state index contributed by atoms with van der Waals surface area (Å²) in [6, 6.07) is 6.81. The Bertz CT molecular complexity index is 1160. The van der Waals surface area contributed by atoms with E-state index in [-0.39, 0.29) is 11.0 Å². The number of methoxy groups -OCH3 is 1. The second kappa shape index (κ2) is 7.06. The molecule has 3 aromatic rings. The van der Waals surface area contributed by atoms with Crippen LogP contribution in [0.2, 0.25) is 0 Å². The van der Waals surface area contributed by atoms with Gasteiger partial charge in [0.1, 0.15) is 11.1 Å². The molecule has 0 radical (unpaired) electrons. The number of hydrogen-bond donors (Lipinski definition) is 1. The summed E-state index contributed by atoms with van der Waals surface area (Å²) in [5.41, 5.74) is 0.623. The van der Waals surface area contributed by atoms with Crippen LogP contribution in [0.15, 0.2) is 40.1 Å². The molecule has 0 fully saturated rings. The predicted molar refractivity (Wildman–Crippen MR) is 103 cm³/mol. The molecular weight excluding hydrogens is 348 g/mol. The van der Waals surface area contributed by atoms with Crippen LogP contribution in [0, 0.1) is 0 Å². The Balaban J connectivity index is 2.26. The van der Waals surface area contributed by atoms with Gasteiger partial charge in [-0.05, 0) is 24.1 Å². The molecule has 0 saturated heterocycles. The summed E-state index contributed by atoms with van der Waals surface area (Å²) < 4.78 is 7.53. The van der Waals surface area contributed by atoms with Crippen LogP contribution in [-0.4, -0.2) is 27.1 Å². The SMILES string of the molecule is CCc1cnc2c(c1NC(=O)c1ccccc1OC)c(=O)n(C)c(=O)n2C. The first kappa shape index (κ1) is 18.4. The smallest absolute Gasteiger partial charge is 0.332 e. The first-order chi connectivity index (χ1) is 12.9. The van der Waals surface area contributed by atoms with E-state index >= 15 is 0 Å². The summed E-state index contributed by atoms with van der Waals surface area (Å²) in [6.45, 7) is 1.90. The summed E-state index contributed by atoms with van der Waals surface area (Å²) in [5.74, 6) is 0.0114. The topological polar surface area (TPSA) is 95.2 Å². The van der Waals surface area contributed by atoms with Crippen LogP contribution in [0.1, 0.15) is 22.8 Å². The predicted octanol–water partition coefficient (Wildman–Crippen LogP) is 1.46. The maximum absolute atomic E-state index is 12.9. The fourth-order valence-electron chi connectivity index (χ4n) is 2.99. The van der Waals surface area contributed by atoms with Crippen molar-refractivity contribution in [2.45, 2.75) is 13.3 Å². The fourth-order valence-corrected chi connectivity index (χ4v) is 2.99. The zero-order valence-corrected chi connectivity index (χ0v) is 15.6. The highest BCUT2D eigenvalue weighted by molar-refractivity contribution is 6.10. The minimum atomic E-state index is -0.508. The number of fused-ring (bicyclic) bond motifs is 1. The fraction of sp³-hybridized carbons (Fsp3) is 0.263. The third-order valence-electron chi connectivity index (χ3n) is 4.52. The summed E-state index contributed by atoms with van der Waals surface area (Å²) in [6.07, 6.45) is 2.12. The maximum atomic E-state index is 12.9. The molecular formula is C19H20N4O4. The van der Waals surface area contributed by atoms with Crippen molar-refractivity contribution in [3.05, 3.63) is 62.4 Å². The molecule has 1 amide bonds. The second-order valence-electron chi connectivity index (χ2n) is 6.07. The van der Waals surface area contributed by atoms with E-state index in [0.717, 1.165) is 4.57 Å². The number of benzene rings is 1. The normalized spacial score (nSPS) is 10.8. The molecule has 0 saturated carbocycles. The van der Waals surface area contributed by atoms with Gasteiger partial charge in [0.2, 0.25) is 0 Å². The van der Waals surface area contributed by atoms with E-state index in [9.17, 15) is 14.4 Å². The van der Waals surface area contributed by atoms with E-state index in [1.165, 1.54) is 25.8 Å². The van der Waals surface area contributed by atoms with Crippen molar-refractivity contribution < 1.29 is 9.53 Å². The Morgan fingerprint density at radius 2 is 1.89 bits per heavy atom. The molecule has 0 aliphatic rings. The molecule has 0 bridgehead atoms. The monoisotopic (exact) mass is 368 g/mol. The number of aromatic nitrogens is 3. The average molecular weight is 368 g/mol. The van der Waals surface area contributed by atoms with Gasteiger partial charge in [-0.15, -0.1) is 0 Å². The zero-order chi connectivity index (χ0) is 19.7. The van der Waals surface area contributed by atoms with Gasteiger partial charge < -0.3 is 10.1 Å². The molecule has 0 aliphatic heterocycles. The molecule has 1 N–H and O–H groups in total. The number of carbonyl (C=O) groups excluding carboxylic acids is 1. The molecule has 8 nitrogen and oxygen atoms in total. The molecule has 0 unspecified atom stereocenters. The summed E-state index contributed by atoms with van der Waals surface area (Å²) >= 11 is 0. The van der Waals surface area contributed by atoms with Crippen LogP contribution in [-0.2, 0) is 20.5 Å². The number of ether oxygens (including phenoxy) is 1. The van der Waals surface area contributed by atoms with E-state index in [1.807, 2.05) is 6.92 Å². The highest BCUT2D eigenvalue weighted by Gasteiger charge is 2.20. The zero-order valence-electron chi connectivity index (χ0n) is 15.6. The molecule has 8 heteroatoms. The molecule has 0 aliphatic carbocycles. The minimum absolute atomic E-state index is 0.196. The number of hydrogen-bond acceptors (Lipinski definition) is 5. The van der Waals surface area contributed by atoms with Crippen molar-refractivity contribution in [1.29, 1.82) is 0 Å². The van der Waals surface area contributed by atoms with Gasteiger partial charge in [-0.25, -0.2) is 9.78 Å². The van der Waals surface area contributed by atoms with Gasteiger partial charge in [0, 0.05) is 20.3 Å². The van der Waals surface area contributed by atoms with Crippen LogP contribution < -0.4 is 21.3 Å². The van der Waals surface area contributed by atoms with Crippen LogP contribution in [0.3, 0.4) is 0 Å². The number of nitrogens with zero attached hydrogens (tertiary/aromatic N) is 3. The molecule has 2 heterocycles. The first-order valence-electron chi connectivity index (χ1n) is 8.42. The van der Waals surface area contributed by atoms with E-state index in [2.05, 4.69) is 10.3 Å². The third kappa shape index (κ3) is 2.99. The molecule has 2 aromatic heterocycles. The van der Waals surface area contributed by atoms with Crippen molar-refractivity contribution in [3.8, 4) is 5.75 Å². The van der Waals surface area contributed by atoms with Crippen LogP contribution in [0.4, 0.5) is 5.69 Å². The molecule has 0 atom stereocenters. The largest absolute Gasteiger partial charge is 0.496 e. The van der Waals surface area contributed by atoms with Gasteiger partial charge in [0.25, 0.3) is 11.5 Å². The second-order valence-corrected chi connectivity index (χ2v) is 6.07. The summed E-state index contributed by atoms with van der Waals surface area (Å²) in [7, 11) is 4.42. The minimum Gasteiger partial charge on any atom is -0.496 e. The number of pyridine rings is 1. The quantitative estimate of drug-likeness (QED) is 0.752. The number of carbonyl (C=O) groups is 1. The lowest BCUT2D eigenvalue weighted by molar-refractivity contribution is 0.102. The Morgan fingerprint density at radius 1 is 1.19 bits per heavy atom.